The number of alkyl carbamates (subject to hydrolysis) is 1. The Morgan fingerprint density at radius 2 is 2.00 bits per heavy atom. The van der Waals surface area contributed by atoms with Crippen molar-refractivity contribution in [2.75, 3.05) is 40.1 Å². The molecule has 0 aliphatic rings. The lowest BCUT2D eigenvalue weighted by atomic mass is 10.6. The number of carbonyl (C=O) groups excluding carboxylic acids is 2. The molecule has 0 heterocycles. The molecule has 0 atom stereocenters. The van der Waals surface area contributed by atoms with Gasteiger partial charge in [-0.3, -0.25) is 0 Å². The molecule has 0 aromatic rings. The first-order chi connectivity index (χ1) is 7.20. The van der Waals surface area contributed by atoms with Gasteiger partial charge in [-0.1, -0.05) is 0 Å². The first kappa shape index (κ1) is 13.7. The van der Waals surface area contributed by atoms with E-state index in [1.54, 1.807) is 0 Å². The summed E-state index contributed by atoms with van der Waals surface area (Å²) in [5.41, 5.74) is 0. The second-order valence-electron chi connectivity index (χ2n) is 2.41. The van der Waals surface area contributed by atoms with Crippen molar-refractivity contribution in [3.63, 3.8) is 0 Å². The number of carbonyl (C=O) groups is 2. The van der Waals surface area contributed by atoms with Crippen molar-refractivity contribution in [1.29, 1.82) is 0 Å². The molecule has 0 bridgehead atoms. The number of hydrogen-bond acceptors (Lipinski definition) is 6. The van der Waals surface area contributed by atoms with E-state index in [4.69, 9.17) is 9.84 Å². The number of amides is 1. The SMILES string of the molecule is COC(=O)NCCOCCOC(=O)CO. The second-order valence-corrected chi connectivity index (χ2v) is 2.41. The molecule has 0 aliphatic carbocycles. The van der Waals surface area contributed by atoms with Gasteiger partial charge in [0, 0.05) is 6.54 Å². The third-order valence-electron chi connectivity index (χ3n) is 1.32. The molecular weight excluding hydrogens is 206 g/mol. The Labute approximate surface area is 87.3 Å². The number of hydrogen-bond donors (Lipinski definition) is 2. The molecule has 15 heavy (non-hydrogen) atoms. The lowest BCUT2D eigenvalue weighted by molar-refractivity contribution is -0.148. The highest BCUT2D eigenvalue weighted by molar-refractivity contribution is 5.70. The Bertz CT molecular complexity index is 176. The largest absolute Gasteiger partial charge is 0.462 e. The topological polar surface area (TPSA) is 94.1 Å². The first-order valence-electron chi connectivity index (χ1n) is 4.36. The Morgan fingerprint density at radius 1 is 1.27 bits per heavy atom. The molecule has 0 saturated carbocycles. The molecule has 2 N–H and O–H groups in total. The number of nitrogens with one attached hydrogen (secondary N) is 1. The van der Waals surface area contributed by atoms with Crippen molar-refractivity contribution >= 4 is 12.1 Å². The van der Waals surface area contributed by atoms with E-state index in [9.17, 15) is 9.59 Å². The van der Waals surface area contributed by atoms with Crippen LogP contribution in [0.3, 0.4) is 0 Å². The molecule has 1 amide bonds. The molecule has 88 valence electrons. The highest BCUT2D eigenvalue weighted by Crippen LogP contribution is 1.80. The zero-order chi connectivity index (χ0) is 11.5. The van der Waals surface area contributed by atoms with E-state index in [2.05, 4.69) is 14.8 Å². The second kappa shape index (κ2) is 9.22. The number of esters is 1. The summed E-state index contributed by atoms with van der Waals surface area (Å²) in [5, 5.41) is 10.7. The molecule has 0 unspecified atom stereocenters. The fourth-order valence-electron chi connectivity index (χ4n) is 0.660. The van der Waals surface area contributed by atoms with Gasteiger partial charge in [-0.05, 0) is 0 Å². The number of methoxy groups -OCH3 is 1. The molecule has 0 aromatic heterocycles. The van der Waals surface area contributed by atoms with Crippen LogP contribution in [0.4, 0.5) is 4.79 Å². The minimum Gasteiger partial charge on any atom is -0.462 e. The Kier molecular flexibility index (Phi) is 8.40. The van der Waals surface area contributed by atoms with Crippen LogP contribution < -0.4 is 5.32 Å². The van der Waals surface area contributed by atoms with Gasteiger partial charge in [0.15, 0.2) is 0 Å². The fraction of sp³-hybridized carbons (Fsp3) is 0.750. The van der Waals surface area contributed by atoms with Crippen LogP contribution in [-0.2, 0) is 19.0 Å². The Morgan fingerprint density at radius 3 is 2.60 bits per heavy atom. The van der Waals surface area contributed by atoms with Gasteiger partial charge in [0.2, 0.25) is 0 Å². The maximum Gasteiger partial charge on any atom is 0.406 e. The smallest absolute Gasteiger partial charge is 0.406 e. The van der Waals surface area contributed by atoms with Crippen molar-refractivity contribution in [2.24, 2.45) is 0 Å². The van der Waals surface area contributed by atoms with Crippen molar-refractivity contribution in [2.45, 2.75) is 0 Å². The maximum atomic E-state index is 10.5. The van der Waals surface area contributed by atoms with Gasteiger partial charge in [0.1, 0.15) is 13.2 Å². The van der Waals surface area contributed by atoms with Crippen LogP contribution in [0.1, 0.15) is 0 Å². The summed E-state index contributed by atoms with van der Waals surface area (Å²) in [7, 11) is 1.27. The van der Waals surface area contributed by atoms with E-state index in [1.165, 1.54) is 7.11 Å². The molecule has 0 aromatic carbocycles. The predicted octanol–water partition coefficient (Wildman–Crippen LogP) is -1.11. The average Bonchev–Trinajstić information content (AvgIpc) is 2.26. The zero-order valence-electron chi connectivity index (χ0n) is 8.52. The van der Waals surface area contributed by atoms with Crippen LogP contribution in [0.25, 0.3) is 0 Å². The number of ether oxygens (including phenoxy) is 3. The molecular formula is C8H15NO6. The van der Waals surface area contributed by atoms with Crippen LogP contribution in [0.15, 0.2) is 0 Å². The van der Waals surface area contributed by atoms with Crippen LogP contribution in [0.5, 0.6) is 0 Å². The van der Waals surface area contributed by atoms with Crippen molar-refractivity contribution in [1.82, 2.24) is 5.32 Å². The minimum atomic E-state index is -0.689. The number of rotatable bonds is 7. The molecule has 0 aliphatic heterocycles. The summed E-state index contributed by atoms with van der Waals surface area (Å²) in [6, 6.07) is 0. The lowest BCUT2D eigenvalue weighted by Crippen LogP contribution is -2.27. The summed E-state index contributed by atoms with van der Waals surface area (Å²) >= 11 is 0. The molecule has 0 rings (SSSR count). The third kappa shape index (κ3) is 8.98. The van der Waals surface area contributed by atoms with Crippen LogP contribution >= 0.6 is 0 Å². The molecule has 0 spiro atoms. The van der Waals surface area contributed by atoms with Crippen molar-refractivity contribution in [3.05, 3.63) is 0 Å². The Balaban J connectivity index is 3.11. The van der Waals surface area contributed by atoms with Gasteiger partial charge in [-0.25, -0.2) is 9.59 Å². The molecule has 7 nitrogen and oxygen atoms in total. The minimum absolute atomic E-state index is 0.0810. The highest BCUT2D eigenvalue weighted by atomic mass is 16.6. The number of aliphatic hydroxyl groups excluding tert-OH is 1. The van der Waals surface area contributed by atoms with Crippen LogP contribution in [-0.4, -0.2) is 57.3 Å². The van der Waals surface area contributed by atoms with Gasteiger partial charge >= 0.3 is 12.1 Å². The molecule has 7 heteroatoms. The van der Waals surface area contributed by atoms with E-state index in [0.29, 0.717) is 13.2 Å². The van der Waals surface area contributed by atoms with Crippen LogP contribution in [0.2, 0.25) is 0 Å². The quantitative estimate of drug-likeness (QED) is 0.418. The van der Waals surface area contributed by atoms with Gasteiger partial charge in [-0.15, -0.1) is 0 Å². The van der Waals surface area contributed by atoms with Gasteiger partial charge in [-0.2, -0.15) is 0 Å². The average molecular weight is 221 g/mol. The lowest BCUT2D eigenvalue weighted by Gasteiger charge is -2.05. The van der Waals surface area contributed by atoms with E-state index < -0.39 is 18.7 Å². The van der Waals surface area contributed by atoms with Gasteiger partial charge in [0.05, 0.1) is 20.3 Å². The van der Waals surface area contributed by atoms with Gasteiger partial charge < -0.3 is 24.6 Å². The van der Waals surface area contributed by atoms with Crippen molar-refractivity contribution in [3.8, 4) is 0 Å². The molecule has 0 radical (unpaired) electrons. The normalized spacial score (nSPS) is 9.47. The van der Waals surface area contributed by atoms with Gasteiger partial charge in [0.25, 0.3) is 0 Å². The predicted molar refractivity (Wildman–Crippen MR) is 49.3 cm³/mol. The summed E-state index contributed by atoms with van der Waals surface area (Å²) in [6.45, 7) is 0.280. The fourth-order valence-corrected chi connectivity index (χ4v) is 0.660. The number of aliphatic hydroxyl groups is 1. The molecule has 0 fully saturated rings. The van der Waals surface area contributed by atoms with Crippen LogP contribution in [0, 0.1) is 0 Å². The monoisotopic (exact) mass is 221 g/mol. The van der Waals surface area contributed by atoms with Crippen molar-refractivity contribution < 1.29 is 28.9 Å². The highest BCUT2D eigenvalue weighted by Gasteiger charge is 1.99. The Hall–Kier alpha value is -1.34. The summed E-state index contributed by atoms with van der Waals surface area (Å²) in [5.74, 6) is -0.689. The summed E-state index contributed by atoms with van der Waals surface area (Å²) in [4.78, 5) is 21.0. The zero-order valence-corrected chi connectivity index (χ0v) is 8.52. The first-order valence-corrected chi connectivity index (χ1v) is 4.36. The standard InChI is InChI=1S/C8H15NO6/c1-13-8(12)9-2-3-14-4-5-15-7(11)6-10/h10H,2-6H2,1H3,(H,9,12). The van der Waals surface area contributed by atoms with E-state index in [1.807, 2.05) is 0 Å². The summed E-state index contributed by atoms with van der Waals surface area (Å²) < 4.78 is 13.8. The summed E-state index contributed by atoms with van der Waals surface area (Å²) in [6.07, 6.45) is -0.523. The van der Waals surface area contributed by atoms with E-state index in [-0.39, 0.29) is 13.2 Å². The van der Waals surface area contributed by atoms with E-state index >= 15 is 0 Å². The third-order valence-corrected chi connectivity index (χ3v) is 1.32. The molecule has 0 saturated heterocycles. The maximum absolute atomic E-state index is 10.5. The van der Waals surface area contributed by atoms with E-state index in [0.717, 1.165) is 0 Å².